The summed E-state index contributed by atoms with van der Waals surface area (Å²) in [6.45, 7) is 0. The highest BCUT2D eigenvalue weighted by Gasteiger charge is 2.24. The summed E-state index contributed by atoms with van der Waals surface area (Å²) in [5.74, 6) is 0. The molecule has 256 valence electrons. The van der Waals surface area contributed by atoms with E-state index in [1.54, 1.807) is 0 Å². The summed E-state index contributed by atoms with van der Waals surface area (Å²) in [4.78, 5) is 2.50. The van der Waals surface area contributed by atoms with Crippen molar-refractivity contribution in [1.82, 2.24) is 0 Å². The summed E-state index contributed by atoms with van der Waals surface area (Å²) < 4.78 is 0. The molecule has 0 radical (unpaired) electrons. The summed E-state index contributed by atoms with van der Waals surface area (Å²) >= 11 is 0. The molecule has 0 spiro atoms. The van der Waals surface area contributed by atoms with Crippen LogP contribution in [0.25, 0.3) is 86.9 Å². The molecule has 0 aliphatic rings. The molecule has 0 aromatic heterocycles. The van der Waals surface area contributed by atoms with Gasteiger partial charge in [-0.1, -0.05) is 188 Å². The molecule has 1 heteroatoms. The Balaban J connectivity index is 1.17. The number of benzene rings is 11. The lowest BCUT2D eigenvalue weighted by molar-refractivity contribution is 1.32. The van der Waals surface area contributed by atoms with Crippen molar-refractivity contribution < 1.29 is 0 Å². The Morgan fingerprint density at radius 3 is 1.36 bits per heavy atom. The summed E-state index contributed by atoms with van der Waals surface area (Å²) in [5, 5.41) is 15.1. The Hall–Kier alpha value is -7.22. The molecule has 11 aromatic rings. The van der Waals surface area contributed by atoms with Gasteiger partial charge in [0, 0.05) is 22.0 Å². The maximum Gasteiger partial charge on any atom is 0.0625 e. The van der Waals surface area contributed by atoms with Crippen LogP contribution in [0.2, 0.25) is 0 Å². The highest BCUT2D eigenvalue weighted by molar-refractivity contribution is 6.26. The zero-order valence-corrected chi connectivity index (χ0v) is 30.2. The molecule has 0 amide bonds. The van der Waals surface area contributed by atoms with Gasteiger partial charge in [0.15, 0.2) is 0 Å². The van der Waals surface area contributed by atoms with Crippen LogP contribution >= 0.6 is 0 Å². The second-order valence-electron chi connectivity index (χ2n) is 14.4. The van der Waals surface area contributed by atoms with Crippen molar-refractivity contribution in [1.29, 1.82) is 0 Å². The van der Waals surface area contributed by atoms with Crippen molar-refractivity contribution in [2.45, 2.75) is 0 Å². The van der Waals surface area contributed by atoms with Crippen molar-refractivity contribution in [3.8, 4) is 22.3 Å². The van der Waals surface area contributed by atoms with Gasteiger partial charge >= 0.3 is 0 Å². The maximum absolute atomic E-state index is 2.50. The highest BCUT2D eigenvalue weighted by atomic mass is 15.1. The van der Waals surface area contributed by atoms with Gasteiger partial charge in [-0.05, 0) is 94.8 Å². The number of hydrogen-bond donors (Lipinski definition) is 0. The monoisotopic (exact) mass is 697 g/mol. The molecule has 0 bridgehead atoms. The van der Waals surface area contributed by atoms with Gasteiger partial charge in [-0.15, -0.1) is 0 Å². The van der Waals surface area contributed by atoms with Crippen LogP contribution in [0.3, 0.4) is 0 Å². The van der Waals surface area contributed by atoms with Gasteiger partial charge < -0.3 is 4.90 Å². The molecular formula is C54H35N. The molecule has 0 unspecified atom stereocenters. The van der Waals surface area contributed by atoms with E-state index in [1.165, 1.54) is 92.6 Å². The molecule has 11 aromatic carbocycles. The predicted octanol–water partition coefficient (Wildman–Crippen LogP) is 15.4. The first-order valence-electron chi connectivity index (χ1n) is 19.0. The first-order valence-corrected chi connectivity index (χ1v) is 19.0. The number of anilines is 3. The maximum atomic E-state index is 2.50. The quantitative estimate of drug-likeness (QED) is 0.162. The first-order chi connectivity index (χ1) is 27.3. The van der Waals surface area contributed by atoms with Crippen LogP contribution in [0.1, 0.15) is 0 Å². The molecule has 0 fully saturated rings. The zero-order valence-electron chi connectivity index (χ0n) is 30.2. The highest BCUT2D eigenvalue weighted by Crippen LogP contribution is 2.50. The van der Waals surface area contributed by atoms with E-state index in [4.69, 9.17) is 0 Å². The standard InChI is InChI=1S/C54H35N/c1-2-16-38(17-3-1)53-49-26-12-10-23-45(49)46-24-11-13-27-50(46)54(53)55(52-28-14-18-37-15-4-5-19-41(37)52)40-32-29-36(30-33-40)39-31-34-48-44-22-7-6-20-42(44)43-21-8-9-25-47(43)51(48)35-39/h1-35H. The van der Waals surface area contributed by atoms with E-state index in [2.05, 4.69) is 217 Å². The van der Waals surface area contributed by atoms with Gasteiger partial charge in [-0.25, -0.2) is 0 Å². The van der Waals surface area contributed by atoms with Crippen LogP contribution in [0.4, 0.5) is 17.1 Å². The number of hydrogen-bond acceptors (Lipinski definition) is 1. The van der Waals surface area contributed by atoms with Crippen molar-refractivity contribution in [2.75, 3.05) is 4.90 Å². The molecule has 0 N–H and O–H groups in total. The van der Waals surface area contributed by atoms with Gasteiger partial charge in [0.25, 0.3) is 0 Å². The Kier molecular flexibility index (Phi) is 7.25. The number of rotatable bonds is 5. The lowest BCUT2D eigenvalue weighted by atomic mass is 9.89. The van der Waals surface area contributed by atoms with E-state index in [9.17, 15) is 0 Å². The van der Waals surface area contributed by atoms with Gasteiger partial charge in [0.2, 0.25) is 0 Å². The molecule has 11 rings (SSSR count). The second kappa shape index (κ2) is 12.7. The molecule has 0 aliphatic heterocycles. The fourth-order valence-corrected chi connectivity index (χ4v) is 8.93. The van der Waals surface area contributed by atoms with E-state index in [-0.39, 0.29) is 0 Å². The van der Waals surface area contributed by atoms with E-state index in [0.29, 0.717) is 0 Å². The topological polar surface area (TPSA) is 3.24 Å². The molecular weight excluding hydrogens is 663 g/mol. The Morgan fingerprint density at radius 1 is 0.255 bits per heavy atom. The number of nitrogens with zero attached hydrogens (tertiary/aromatic N) is 1. The largest absolute Gasteiger partial charge is 0.309 e. The average molecular weight is 698 g/mol. The average Bonchev–Trinajstić information content (AvgIpc) is 3.27. The Labute approximate surface area is 320 Å². The van der Waals surface area contributed by atoms with Crippen LogP contribution in [0.15, 0.2) is 212 Å². The van der Waals surface area contributed by atoms with Gasteiger partial charge in [0.05, 0.1) is 11.4 Å². The smallest absolute Gasteiger partial charge is 0.0625 e. The van der Waals surface area contributed by atoms with Gasteiger partial charge in [-0.3, -0.25) is 0 Å². The summed E-state index contributed by atoms with van der Waals surface area (Å²) in [7, 11) is 0. The molecule has 0 saturated heterocycles. The van der Waals surface area contributed by atoms with E-state index in [0.717, 1.165) is 11.4 Å². The van der Waals surface area contributed by atoms with Crippen molar-refractivity contribution in [3.05, 3.63) is 212 Å². The summed E-state index contributed by atoms with van der Waals surface area (Å²) in [6.07, 6.45) is 0. The van der Waals surface area contributed by atoms with Crippen molar-refractivity contribution in [2.24, 2.45) is 0 Å². The summed E-state index contributed by atoms with van der Waals surface area (Å²) in [6, 6.07) is 77.8. The minimum absolute atomic E-state index is 1.11. The minimum atomic E-state index is 1.11. The normalized spacial score (nSPS) is 11.6. The second-order valence-corrected chi connectivity index (χ2v) is 14.4. The van der Waals surface area contributed by atoms with E-state index < -0.39 is 0 Å². The van der Waals surface area contributed by atoms with Crippen LogP contribution in [-0.2, 0) is 0 Å². The third-order valence-electron chi connectivity index (χ3n) is 11.4. The van der Waals surface area contributed by atoms with Crippen LogP contribution in [0, 0.1) is 0 Å². The molecule has 0 aliphatic carbocycles. The lowest BCUT2D eigenvalue weighted by Crippen LogP contribution is -2.13. The molecule has 55 heavy (non-hydrogen) atoms. The van der Waals surface area contributed by atoms with Gasteiger partial charge in [-0.2, -0.15) is 0 Å². The Morgan fingerprint density at radius 2 is 0.709 bits per heavy atom. The van der Waals surface area contributed by atoms with E-state index >= 15 is 0 Å². The van der Waals surface area contributed by atoms with Gasteiger partial charge in [0.1, 0.15) is 0 Å². The Bertz CT molecular complexity index is 3210. The first kappa shape index (κ1) is 31.3. The molecule has 0 heterocycles. The van der Waals surface area contributed by atoms with Crippen molar-refractivity contribution in [3.63, 3.8) is 0 Å². The lowest BCUT2D eigenvalue weighted by Gasteiger charge is -2.31. The third-order valence-corrected chi connectivity index (χ3v) is 11.4. The molecule has 0 saturated carbocycles. The predicted molar refractivity (Wildman–Crippen MR) is 237 cm³/mol. The zero-order chi connectivity index (χ0) is 36.3. The van der Waals surface area contributed by atoms with E-state index in [1.807, 2.05) is 0 Å². The molecule has 0 atom stereocenters. The molecule has 1 nitrogen and oxygen atoms in total. The summed E-state index contributed by atoms with van der Waals surface area (Å²) in [5.41, 5.74) is 8.23. The minimum Gasteiger partial charge on any atom is -0.309 e. The third kappa shape index (κ3) is 5.01. The van der Waals surface area contributed by atoms with Crippen LogP contribution < -0.4 is 4.90 Å². The SMILES string of the molecule is c1ccc(-c2c(N(c3ccc(-c4ccc5c6ccccc6c6ccccc6c5c4)cc3)c3cccc4ccccc34)c3ccccc3c3ccccc23)cc1. The van der Waals surface area contributed by atoms with Crippen LogP contribution in [0.5, 0.6) is 0 Å². The fraction of sp³-hybridized carbons (Fsp3) is 0. The van der Waals surface area contributed by atoms with Crippen molar-refractivity contribution >= 4 is 81.7 Å². The van der Waals surface area contributed by atoms with Crippen LogP contribution in [-0.4, -0.2) is 0 Å². The fourth-order valence-electron chi connectivity index (χ4n) is 8.93. The number of fused-ring (bicyclic) bond motifs is 10.